The van der Waals surface area contributed by atoms with Gasteiger partial charge in [-0.3, -0.25) is 9.48 Å². The molecule has 4 nitrogen and oxygen atoms in total. The van der Waals surface area contributed by atoms with Crippen LogP contribution in [0.1, 0.15) is 6.92 Å². The molecule has 2 aromatic rings. The highest BCUT2D eigenvalue weighted by Gasteiger charge is 2.06. The molecule has 0 bridgehead atoms. The van der Waals surface area contributed by atoms with E-state index >= 15 is 0 Å². The van der Waals surface area contributed by atoms with Gasteiger partial charge in [0.1, 0.15) is 6.54 Å². The number of aromatic nitrogens is 2. The monoisotopic (exact) mass is 236 g/mol. The van der Waals surface area contributed by atoms with E-state index in [1.165, 1.54) is 9.58 Å². The van der Waals surface area contributed by atoms with Gasteiger partial charge in [-0.05, 0) is 24.0 Å². The molecule has 1 aromatic carbocycles. The van der Waals surface area contributed by atoms with Crippen LogP contribution in [-0.4, -0.2) is 26.6 Å². The Balaban J connectivity index is 2.38. The molecular formula is C11H12N2O2S. The summed E-state index contributed by atoms with van der Waals surface area (Å²) in [5.74, 6) is 0.145. The molecule has 0 fully saturated rings. The first kappa shape index (κ1) is 11.0. The lowest BCUT2D eigenvalue weighted by Gasteiger charge is -2.01. The van der Waals surface area contributed by atoms with Crippen LogP contribution in [0.25, 0.3) is 10.9 Å². The molecule has 2 rings (SSSR count). The van der Waals surface area contributed by atoms with E-state index in [1.807, 2.05) is 18.2 Å². The van der Waals surface area contributed by atoms with Crippen LogP contribution in [0.15, 0.2) is 29.3 Å². The van der Waals surface area contributed by atoms with Gasteiger partial charge in [-0.25, -0.2) is 0 Å². The van der Waals surface area contributed by atoms with Crippen molar-refractivity contribution in [2.24, 2.45) is 0 Å². The van der Waals surface area contributed by atoms with Crippen LogP contribution >= 0.6 is 11.8 Å². The average molecular weight is 236 g/mol. The summed E-state index contributed by atoms with van der Waals surface area (Å²) in [5, 5.41) is 13.8. The van der Waals surface area contributed by atoms with E-state index in [1.54, 1.807) is 18.0 Å². The third kappa shape index (κ3) is 2.19. The second-order valence-electron chi connectivity index (χ2n) is 3.35. The van der Waals surface area contributed by atoms with Gasteiger partial charge in [0.25, 0.3) is 0 Å². The zero-order valence-electron chi connectivity index (χ0n) is 8.88. The minimum Gasteiger partial charge on any atom is -0.480 e. The number of carboxylic acids is 1. The van der Waals surface area contributed by atoms with Crippen LogP contribution in [-0.2, 0) is 11.3 Å². The van der Waals surface area contributed by atoms with Gasteiger partial charge in [0.15, 0.2) is 0 Å². The van der Waals surface area contributed by atoms with Gasteiger partial charge < -0.3 is 5.11 Å². The third-order valence-corrected chi connectivity index (χ3v) is 3.09. The molecule has 0 saturated carbocycles. The standard InChI is InChI=1S/C11H12N2O2S/c1-2-16-9-3-4-10-8(5-9)6-12-13(10)7-11(14)15/h3-6H,2,7H2,1H3,(H,14,15). The van der Waals surface area contributed by atoms with Gasteiger partial charge in [-0.15, -0.1) is 11.8 Å². The molecule has 1 heterocycles. The summed E-state index contributed by atoms with van der Waals surface area (Å²) in [6, 6.07) is 5.95. The Morgan fingerprint density at radius 3 is 3.06 bits per heavy atom. The molecule has 84 valence electrons. The molecule has 0 atom stereocenters. The first-order valence-electron chi connectivity index (χ1n) is 5.01. The lowest BCUT2D eigenvalue weighted by molar-refractivity contribution is -0.137. The zero-order valence-corrected chi connectivity index (χ0v) is 9.70. The Morgan fingerprint density at radius 2 is 2.38 bits per heavy atom. The summed E-state index contributed by atoms with van der Waals surface area (Å²) >= 11 is 1.76. The van der Waals surface area contributed by atoms with Gasteiger partial charge >= 0.3 is 5.97 Å². The predicted molar refractivity (Wildman–Crippen MR) is 63.8 cm³/mol. The molecule has 1 N–H and O–H groups in total. The highest BCUT2D eigenvalue weighted by Crippen LogP contribution is 2.23. The van der Waals surface area contributed by atoms with Gasteiger partial charge in [0.05, 0.1) is 11.7 Å². The van der Waals surface area contributed by atoms with Crippen LogP contribution in [0.4, 0.5) is 0 Å². The fraction of sp³-hybridized carbons (Fsp3) is 0.273. The Kier molecular flexibility index (Phi) is 3.14. The summed E-state index contributed by atoms with van der Waals surface area (Å²) in [6.07, 6.45) is 1.71. The van der Waals surface area contributed by atoms with Gasteiger partial charge in [0, 0.05) is 10.3 Å². The molecule has 0 aliphatic carbocycles. The van der Waals surface area contributed by atoms with Crippen LogP contribution < -0.4 is 0 Å². The Hall–Kier alpha value is -1.49. The van der Waals surface area contributed by atoms with E-state index in [-0.39, 0.29) is 6.54 Å². The molecule has 0 aliphatic rings. The molecule has 0 aliphatic heterocycles. The number of fused-ring (bicyclic) bond motifs is 1. The van der Waals surface area contributed by atoms with E-state index in [2.05, 4.69) is 12.0 Å². The van der Waals surface area contributed by atoms with Crippen LogP contribution in [0, 0.1) is 0 Å². The van der Waals surface area contributed by atoms with Gasteiger partial charge in [0.2, 0.25) is 0 Å². The van der Waals surface area contributed by atoms with E-state index in [0.717, 1.165) is 16.7 Å². The molecular weight excluding hydrogens is 224 g/mol. The maximum absolute atomic E-state index is 10.6. The highest BCUT2D eigenvalue weighted by atomic mass is 32.2. The minimum absolute atomic E-state index is 0.0935. The predicted octanol–water partition coefficient (Wildman–Crippen LogP) is 2.23. The van der Waals surface area contributed by atoms with Crippen molar-refractivity contribution >= 4 is 28.6 Å². The fourth-order valence-electron chi connectivity index (χ4n) is 1.58. The molecule has 1 aromatic heterocycles. The Labute approximate surface area is 97.3 Å². The average Bonchev–Trinajstić information content (AvgIpc) is 2.61. The minimum atomic E-state index is -0.878. The maximum atomic E-state index is 10.6. The SMILES string of the molecule is CCSc1ccc2c(cnn2CC(=O)O)c1. The number of hydrogen-bond donors (Lipinski definition) is 1. The van der Waals surface area contributed by atoms with E-state index in [0.29, 0.717) is 0 Å². The number of rotatable bonds is 4. The van der Waals surface area contributed by atoms with Crippen LogP contribution in [0.5, 0.6) is 0 Å². The third-order valence-electron chi connectivity index (χ3n) is 2.21. The number of thioether (sulfide) groups is 1. The summed E-state index contributed by atoms with van der Waals surface area (Å²) in [5.41, 5.74) is 0.864. The molecule has 0 amide bonds. The number of aliphatic carboxylic acids is 1. The van der Waals surface area contributed by atoms with Crippen molar-refractivity contribution < 1.29 is 9.90 Å². The Morgan fingerprint density at radius 1 is 1.56 bits per heavy atom. The van der Waals surface area contributed by atoms with Crippen molar-refractivity contribution in [3.05, 3.63) is 24.4 Å². The van der Waals surface area contributed by atoms with Crippen molar-refractivity contribution in [1.82, 2.24) is 9.78 Å². The van der Waals surface area contributed by atoms with Crippen molar-refractivity contribution in [2.75, 3.05) is 5.75 Å². The lowest BCUT2D eigenvalue weighted by Crippen LogP contribution is -2.09. The van der Waals surface area contributed by atoms with Crippen LogP contribution in [0.2, 0.25) is 0 Å². The zero-order chi connectivity index (χ0) is 11.5. The molecule has 5 heteroatoms. The Bertz CT molecular complexity index is 522. The van der Waals surface area contributed by atoms with Gasteiger partial charge in [-0.1, -0.05) is 6.92 Å². The van der Waals surface area contributed by atoms with Crippen molar-refractivity contribution in [2.45, 2.75) is 18.4 Å². The molecule has 0 spiro atoms. The largest absolute Gasteiger partial charge is 0.480 e. The molecule has 0 unspecified atom stereocenters. The first-order chi connectivity index (χ1) is 7.70. The summed E-state index contributed by atoms with van der Waals surface area (Å²) in [7, 11) is 0. The number of benzene rings is 1. The van der Waals surface area contributed by atoms with E-state index < -0.39 is 5.97 Å². The van der Waals surface area contributed by atoms with Crippen molar-refractivity contribution in [3.8, 4) is 0 Å². The fourth-order valence-corrected chi connectivity index (χ4v) is 2.28. The number of nitrogens with zero attached hydrogens (tertiary/aromatic N) is 2. The van der Waals surface area contributed by atoms with E-state index in [9.17, 15) is 4.79 Å². The van der Waals surface area contributed by atoms with Crippen molar-refractivity contribution in [3.63, 3.8) is 0 Å². The normalized spacial score (nSPS) is 10.8. The lowest BCUT2D eigenvalue weighted by atomic mass is 10.2. The molecule has 0 radical (unpaired) electrons. The number of carbonyl (C=O) groups is 1. The summed E-state index contributed by atoms with van der Waals surface area (Å²) < 4.78 is 1.50. The smallest absolute Gasteiger partial charge is 0.325 e. The maximum Gasteiger partial charge on any atom is 0.325 e. The van der Waals surface area contributed by atoms with Crippen LogP contribution in [0.3, 0.4) is 0 Å². The first-order valence-corrected chi connectivity index (χ1v) is 5.99. The second kappa shape index (κ2) is 4.57. The van der Waals surface area contributed by atoms with Crippen molar-refractivity contribution in [1.29, 1.82) is 0 Å². The highest BCUT2D eigenvalue weighted by molar-refractivity contribution is 7.99. The number of hydrogen-bond acceptors (Lipinski definition) is 3. The quantitative estimate of drug-likeness (QED) is 0.827. The molecule has 16 heavy (non-hydrogen) atoms. The topological polar surface area (TPSA) is 55.1 Å². The second-order valence-corrected chi connectivity index (χ2v) is 4.69. The molecule has 0 saturated heterocycles. The van der Waals surface area contributed by atoms with Gasteiger partial charge in [-0.2, -0.15) is 5.10 Å². The summed E-state index contributed by atoms with van der Waals surface area (Å²) in [4.78, 5) is 11.8. The number of carboxylic acid groups (broad SMARTS) is 1. The summed E-state index contributed by atoms with van der Waals surface area (Å²) in [6.45, 7) is 2.01. The van der Waals surface area contributed by atoms with E-state index in [4.69, 9.17) is 5.11 Å².